The molecule has 1 heterocycles. The third-order valence-electron chi connectivity index (χ3n) is 3.99. The molecule has 2 rings (SSSR count). The molecule has 1 amide bonds. The number of hydrogen-bond donors (Lipinski definition) is 2. The Bertz CT molecular complexity index is 778. The van der Waals surface area contributed by atoms with Crippen molar-refractivity contribution in [2.24, 2.45) is 0 Å². The lowest BCUT2D eigenvalue weighted by Gasteiger charge is -2.06. The quantitative estimate of drug-likeness (QED) is 0.596. The number of rotatable bonds is 7. The molecule has 0 aliphatic carbocycles. The van der Waals surface area contributed by atoms with E-state index in [1.54, 1.807) is 6.92 Å². The van der Waals surface area contributed by atoms with Crippen LogP contribution in [0.5, 0.6) is 0 Å². The van der Waals surface area contributed by atoms with Gasteiger partial charge in [-0.1, -0.05) is 30.3 Å². The van der Waals surface area contributed by atoms with Crippen LogP contribution in [0.25, 0.3) is 0 Å². The molecule has 25 heavy (non-hydrogen) atoms. The number of methoxy groups -OCH3 is 1. The van der Waals surface area contributed by atoms with Gasteiger partial charge >= 0.3 is 5.97 Å². The van der Waals surface area contributed by atoms with Crippen molar-refractivity contribution in [3.8, 4) is 0 Å². The average Bonchev–Trinajstić information content (AvgIpc) is 2.91. The number of carbonyl (C=O) groups excluding carboxylic acids is 3. The van der Waals surface area contributed by atoms with Gasteiger partial charge in [0.15, 0.2) is 5.78 Å². The average molecular weight is 342 g/mol. The number of H-pyrrole nitrogens is 1. The van der Waals surface area contributed by atoms with Gasteiger partial charge in [0.05, 0.1) is 24.8 Å². The highest BCUT2D eigenvalue weighted by Gasteiger charge is 2.24. The van der Waals surface area contributed by atoms with Crippen LogP contribution >= 0.6 is 0 Å². The molecular formula is C19H22N2O4. The van der Waals surface area contributed by atoms with E-state index < -0.39 is 5.97 Å². The summed E-state index contributed by atoms with van der Waals surface area (Å²) in [5.41, 5.74) is 2.62. The number of Topliss-reactive ketones (excluding diaryl/α,β-unsaturated/α-hetero) is 1. The van der Waals surface area contributed by atoms with Gasteiger partial charge in [-0.3, -0.25) is 9.59 Å². The fourth-order valence-electron chi connectivity index (χ4n) is 2.74. The first-order chi connectivity index (χ1) is 11.9. The number of nitrogens with one attached hydrogen (secondary N) is 2. The summed E-state index contributed by atoms with van der Waals surface area (Å²) in [6, 6.07) is 9.83. The minimum Gasteiger partial charge on any atom is -0.465 e. The topological polar surface area (TPSA) is 88.3 Å². The Morgan fingerprint density at radius 3 is 2.44 bits per heavy atom. The molecule has 6 nitrogen and oxygen atoms in total. The van der Waals surface area contributed by atoms with Gasteiger partial charge < -0.3 is 15.0 Å². The zero-order chi connectivity index (χ0) is 18.4. The van der Waals surface area contributed by atoms with Gasteiger partial charge in [0.25, 0.3) is 0 Å². The third kappa shape index (κ3) is 4.56. The number of esters is 1. The number of benzene rings is 1. The second kappa shape index (κ2) is 8.28. The predicted octanol–water partition coefficient (Wildman–Crippen LogP) is 2.21. The first kappa shape index (κ1) is 18.4. The van der Waals surface area contributed by atoms with Crippen molar-refractivity contribution < 1.29 is 19.1 Å². The summed E-state index contributed by atoms with van der Waals surface area (Å²) < 4.78 is 4.77. The van der Waals surface area contributed by atoms with Gasteiger partial charge in [-0.15, -0.1) is 0 Å². The fraction of sp³-hybridized carbons (Fsp3) is 0.316. The molecule has 0 spiro atoms. The van der Waals surface area contributed by atoms with E-state index in [1.807, 2.05) is 30.3 Å². The number of aromatic amines is 1. The molecule has 0 unspecified atom stereocenters. The smallest absolute Gasteiger partial charge is 0.339 e. The maximum Gasteiger partial charge on any atom is 0.339 e. The SMILES string of the molecule is COC(=O)c1c(CC(=O)NCCc2ccccc2)[nH]c(C(C)=O)c1C. The summed E-state index contributed by atoms with van der Waals surface area (Å²) in [5, 5.41) is 2.83. The molecule has 0 aliphatic rings. The van der Waals surface area contributed by atoms with E-state index in [9.17, 15) is 14.4 Å². The molecule has 2 aromatic rings. The molecule has 0 aliphatic heterocycles. The highest BCUT2D eigenvalue weighted by atomic mass is 16.5. The standard InChI is InChI=1S/C19H22N2O4/c1-12-17(19(24)25-3)15(21-18(12)13(2)22)11-16(23)20-10-9-14-7-5-4-6-8-14/h4-8,21H,9-11H2,1-3H3,(H,20,23). The summed E-state index contributed by atoms with van der Waals surface area (Å²) in [7, 11) is 1.27. The Morgan fingerprint density at radius 1 is 1.16 bits per heavy atom. The second-order valence-corrected chi connectivity index (χ2v) is 5.79. The van der Waals surface area contributed by atoms with Crippen molar-refractivity contribution in [3.63, 3.8) is 0 Å². The van der Waals surface area contributed by atoms with E-state index in [0.717, 1.165) is 12.0 Å². The monoisotopic (exact) mass is 342 g/mol. The Morgan fingerprint density at radius 2 is 1.84 bits per heavy atom. The first-order valence-electron chi connectivity index (χ1n) is 8.05. The largest absolute Gasteiger partial charge is 0.465 e. The Balaban J connectivity index is 2.05. The lowest BCUT2D eigenvalue weighted by Crippen LogP contribution is -2.28. The molecule has 132 valence electrons. The molecule has 0 atom stereocenters. The Hall–Kier alpha value is -2.89. The Labute approximate surface area is 146 Å². The number of aromatic nitrogens is 1. The van der Waals surface area contributed by atoms with Crippen LogP contribution in [0, 0.1) is 6.92 Å². The van der Waals surface area contributed by atoms with E-state index in [1.165, 1.54) is 14.0 Å². The lowest BCUT2D eigenvalue weighted by atomic mass is 10.1. The van der Waals surface area contributed by atoms with Crippen molar-refractivity contribution >= 4 is 17.7 Å². The molecule has 6 heteroatoms. The van der Waals surface area contributed by atoms with Crippen LogP contribution in [0.1, 0.15) is 44.6 Å². The van der Waals surface area contributed by atoms with Crippen LogP contribution < -0.4 is 5.32 Å². The highest BCUT2D eigenvalue weighted by Crippen LogP contribution is 2.20. The molecule has 1 aromatic heterocycles. The Kier molecular flexibility index (Phi) is 6.11. The van der Waals surface area contributed by atoms with E-state index in [4.69, 9.17) is 4.74 Å². The molecular weight excluding hydrogens is 320 g/mol. The number of ketones is 1. The molecule has 1 aromatic carbocycles. The van der Waals surface area contributed by atoms with E-state index in [2.05, 4.69) is 10.3 Å². The van der Waals surface area contributed by atoms with Crippen LogP contribution in [-0.4, -0.2) is 36.3 Å². The van der Waals surface area contributed by atoms with E-state index >= 15 is 0 Å². The van der Waals surface area contributed by atoms with Gasteiger partial charge in [0.2, 0.25) is 5.91 Å². The maximum absolute atomic E-state index is 12.2. The van der Waals surface area contributed by atoms with E-state index in [-0.39, 0.29) is 23.7 Å². The minimum absolute atomic E-state index is 0.0205. The summed E-state index contributed by atoms with van der Waals surface area (Å²) >= 11 is 0. The summed E-state index contributed by atoms with van der Waals surface area (Å²) in [6.07, 6.45) is 0.701. The zero-order valence-corrected chi connectivity index (χ0v) is 14.6. The number of carbonyl (C=O) groups is 3. The fourth-order valence-corrected chi connectivity index (χ4v) is 2.74. The second-order valence-electron chi connectivity index (χ2n) is 5.79. The normalized spacial score (nSPS) is 10.4. The summed E-state index contributed by atoms with van der Waals surface area (Å²) in [5.74, 6) is -0.982. The van der Waals surface area contributed by atoms with Gasteiger partial charge in [0.1, 0.15) is 0 Å². The van der Waals surface area contributed by atoms with Crippen molar-refractivity contribution in [2.75, 3.05) is 13.7 Å². The van der Waals surface area contributed by atoms with Crippen LogP contribution in [0.4, 0.5) is 0 Å². The van der Waals surface area contributed by atoms with E-state index in [0.29, 0.717) is 23.5 Å². The van der Waals surface area contributed by atoms with Gasteiger partial charge in [-0.2, -0.15) is 0 Å². The van der Waals surface area contributed by atoms with Crippen molar-refractivity contribution in [3.05, 3.63) is 58.4 Å². The van der Waals surface area contributed by atoms with Gasteiger partial charge in [0, 0.05) is 19.2 Å². The molecule has 0 saturated heterocycles. The summed E-state index contributed by atoms with van der Waals surface area (Å²) in [4.78, 5) is 38.7. The lowest BCUT2D eigenvalue weighted by molar-refractivity contribution is -0.120. The number of hydrogen-bond acceptors (Lipinski definition) is 4. The number of amides is 1. The van der Waals surface area contributed by atoms with Crippen molar-refractivity contribution in [2.45, 2.75) is 26.7 Å². The zero-order valence-electron chi connectivity index (χ0n) is 14.6. The van der Waals surface area contributed by atoms with Crippen molar-refractivity contribution in [1.29, 1.82) is 0 Å². The maximum atomic E-state index is 12.2. The van der Waals surface area contributed by atoms with Gasteiger partial charge in [-0.05, 0) is 24.5 Å². The molecule has 0 bridgehead atoms. The van der Waals surface area contributed by atoms with Crippen molar-refractivity contribution in [1.82, 2.24) is 10.3 Å². The molecule has 0 fully saturated rings. The molecule has 0 saturated carbocycles. The van der Waals surface area contributed by atoms with Crippen LogP contribution in [0.15, 0.2) is 30.3 Å². The van der Waals surface area contributed by atoms with Crippen LogP contribution in [0.3, 0.4) is 0 Å². The first-order valence-corrected chi connectivity index (χ1v) is 8.05. The predicted molar refractivity (Wildman–Crippen MR) is 93.7 cm³/mol. The third-order valence-corrected chi connectivity index (χ3v) is 3.99. The minimum atomic E-state index is -0.562. The highest BCUT2D eigenvalue weighted by molar-refractivity contribution is 6.01. The number of ether oxygens (including phenoxy) is 1. The van der Waals surface area contributed by atoms with Crippen LogP contribution in [0.2, 0.25) is 0 Å². The van der Waals surface area contributed by atoms with Crippen LogP contribution in [-0.2, 0) is 22.4 Å². The molecule has 2 N–H and O–H groups in total. The molecule has 0 radical (unpaired) electrons. The summed E-state index contributed by atoms with van der Waals surface area (Å²) in [6.45, 7) is 3.57. The van der Waals surface area contributed by atoms with Gasteiger partial charge in [-0.25, -0.2) is 4.79 Å².